The highest BCUT2D eigenvalue weighted by Gasteiger charge is 2.15. The summed E-state index contributed by atoms with van der Waals surface area (Å²) < 4.78 is 21.2. The molecule has 0 aliphatic carbocycles. The van der Waals surface area contributed by atoms with Gasteiger partial charge in [-0.2, -0.15) is 4.68 Å². The molecule has 1 N–H and O–H groups in total. The molecule has 1 amide bonds. The molecule has 0 unspecified atom stereocenters. The first-order valence-electron chi connectivity index (χ1n) is 7.24. The summed E-state index contributed by atoms with van der Waals surface area (Å²) in [6.07, 6.45) is 1.43. The number of aromatic nitrogens is 2. The third kappa shape index (κ3) is 3.71. The minimum atomic E-state index is -0.759. The highest BCUT2D eigenvalue weighted by Crippen LogP contribution is 2.25. The lowest BCUT2D eigenvalue weighted by Gasteiger charge is -2.09. The van der Waals surface area contributed by atoms with Gasteiger partial charge in [-0.25, -0.2) is 4.79 Å². The summed E-state index contributed by atoms with van der Waals surface area (Å²) in [6.45, 7) is -0.317. The fourth-order valence-electron chi connectivity index (χ4n) is 2.12. The van der Waals surface area contributed by atoms with Crippen molar-refractivity contribution in [3.05, 3.63) is 47.1 Å². The monoisotopic (exact) mass is 345 g/mol. The number of carbonyl (C=O) groups is 1. The maximum absolute atomic E-state index is 12.2. The van der Waals surface area contributed by atoms with Gasteiger partial charge in [-0.05, 0) is 12.1 Å². The van der Waals surface area contributed by atoms with Crippen molar-refractivity contribution in [3.63, 3.8) is 0 Å². The second kappa shape index (κ2) is 6.95. The minimum Gasteiger partial charge on any atom is -0.497 e. The Labute approximate surface area is 141 Å². The van der Waals surface area contributed by atoms with Gasteiger partial charge in [0.25, 0.3) is 5.89 Å². The fraction of sp³-hybridized carbons (Fsp3) is 0.188. The maximum atomic E-state index is 12.2. The van der Waals surface area contributed by atoms with Crippen molar-refractivity contribution >= 4 is 11.6 Å². The molecule has 3 rings (SSSR count). The van der Waals surface area contributed by atoms with E-state index in [0.29, 0.717) is 22.9 Å². The second-order valence-electron chi connectivity index (χ2n) is 4.96. The lowest BCUT2D eigenvalue weighted by molar-refractivity contribution is -0.117. The molecule has 0 aliphatic heterocycles. The predicted octanol–water partition coefficient (Wildman–Crippen LogP) is 1.75. The van der Waals surface area contributed by atoms with Crippen LogP contribution in [0.2, 0.25) is 0 Å². The zero-order valence-electron chi connectivity index (χ0n) is 13.5. The van der Waals surface area contributed by atoms with Crippen LogP contribution in [0.4, 0.5) is 5.69 Å². The van der Waals surface area contributed by atoms with Crippen LogP contribution in [0.3, 0.4) is 0 Å². The zero-order chi connectivity index (χ0) is 17.8. The van der Waals surface area contributed by atoms with Crippen LogP contribution in [-0.2, 0) is 11.3 Å². The van der Waals surface area contributed by atoms with Gasteiger partial charge >= 0.3 is 5.76 Å². The Morgan fingerprint density at radius 3 is 2.56 bits per heavy atom. The number of nitrogens with zero attached hydrogens (tertiary/aromatic N) is 2. The van der Waals surface area contributed by atoms with E-state index < -0.39 is 11.7 Å². The van der Waals surface area contributed by atoms with E-state index >= 15 is 0 Å². The van der Waals surface area contributed by atoms with Crippen LogP contribution in [0, 0.1) is 0 Å². The molecule has 9 nitrogen and oxygen atoms in total. The van der Waals surface area contributed by atoms with Crippen molar-refractivity contribution < 1.29 is 23.1 Å². The molecule has 9 heteroatoms. The molecule has 0 saturated heterocycles. The number of furan rings is 1. The number of nitrogens with one attached hydrogen (secondary N) is 1. The first kappa shape index (κ1) is 16.4. The summed E-state index contributed by atoms with van der Waals surface area (Å²) in [6, 6.07) is 8.16. The molecule has 25 heavy (non-hydrogen) atoms. The van der Waals surface area contributed by atoms with Gasteiger partial charge in [-0.1, -0.05) is 0 Å². The third-order valence-corrected chi connectivity index (χ3v) is 3.27. The van der Waals surface area contributed by atoms with Crippen molar-refractivity contribution in [2.24, 2.45) is 0 Å². The van der Waals surface area contributed by atoms with Crippen LogP contribution in [0.1, 0.15) is 0 Å². The quantitative estimate of drug-likeness (QED) is 0.725. The molecular weight excluding hydrogens is 330 g/mol. The number of carbonyl (C=O) groups excluding carboxylic acids is 1. The zero-order valence-corrected chi connectivity index (χ0v) is 13.5. The Hall–Kier alpha value is -3.49. The first-order chi connectivity index (χ1) is 12.1. The smallest absolute Gasteiger partial charge is 0.437 e. The van der Waals surface area contributed by atoms with Gasteiger partial charge in [-0.15, -0.1) is 5.10 Å². The highest BCUT2D eigenvalue weighted by atomic mass is 16.5. The number of hydrogen-bond donors (Lipinski definition) is 1. The molecule has 0 fully saturated rings. The van der Waals surface area contributed by atoms with Gasteiger partial charge in [-0.3, -0.25) is 4.79 Å². The lowest BCUT2D eigenvalue weighted by atomic mass is 10.2. The number of anilines is 1. The second-order valence-corrected chi connectivity index (χ2v) is 4.96. The average Bonchev–Trinajstić information content (AvgIpc) is 3.24. The highest BCUT2D eigenvalue weighted by molar-refractivity contribution is 5.91. The fourth-order valence-corrected chi connectivity index (χ4v) is 2.12. The lowest BCUT2D eigenvalue weighted by Crippen LogP contribution is -2.25. The summed E-state index contributed by atoms with van der Waals surface area (Å²) in [5, 5.41) is 6.58. The maximum Gasteiger partial charge on any atom is 0.437 e. The molecular formula is C16H15N3O6. The molecule has 2 heterocycles. The average molecular weight is 345 g/mol. The molecule has 0 bridgehead atoms. The van der Waals surface area contributed by atoms with Crippen molar-refractivity contribution in [1.29, 1.82) is 0 Å². The molecule has 130 valence electrons. The predicted molar refractivity (Wildman–Crippen MR) is 86.6 cm³/mol. The van der Waals surface area contributed by atoms with Gasteiger partial charge in [0.1, 0.15) is 18.0 Å². The minimum absolute atomic E-state index is 0.00542. The van der Waals surface area contributed by atoms with Crippen LogP contribution >= 0.6 is 0 Å². The summed E-state index contributed by atoms with van der Waals surface area (Å²) in [7, 11) is 3.01. The summed E-state index contributed by atoms with van der Waals surface area (Å²) in [5.74, 6) is 0.128. The Balaban J connectivity index is 1.74. The molecule has 0 radical (unpaired) electrons. The number of hydrogen-bond acceptors (Lipinski definition) is 7. The molecule has 0 spiro atoms. The van der Waals surface area contributed by atoms with Gasteiger partial charge in [0.15, 0.2) is 5.76 Å². The van der Waals surface area contributed by atoms with Crippen LogP contribution in [0.25, 0.3) is 11.7 Å². The molecule has 2 aromatic heterocycles. The molecule has 3 aromatic rings. The Morgan fingerprint density at radius 2 is 1.96 bits per heavy atom. The van der Waals surface area contributed by atoms with Crippen molar-refractivity contribution in [2.75, 3.05) is 19.5 Å². The molecule has 0 atom stereocenters. The topological polar surface area (TPSA) is 109 Å². The number of ether oxygens (including phenoxy) is 2. The van der Waals surface area contributed by atoms with E-state index in [1.54, 1.807) is 30.3 Å². The van der Waals surface area contributed by atoms with E-state index in [0.717, 1.165) is 4.68 Å². The van der Waals surface area contributed by atoms with E-state index in [-0.39, 0.29) is 12.4 Å². The van der Waals surface area contributed by atoms with Crippen LogP contribution < -0.4 is 20.5 Å². The Kier molecular flexibility index (Phi) is 4.55. The molecule has 1 aromatic carbocycles. The standard InChI is InChI=1S/C16H15N3O6/c1-22-11-6-10(7-12(8-11)23-2)17-14(20)9-19-16(21)25-15(18-19)13-4-3-5-24-13/h3-8H,9H2,1-2H3,(H,17,20). The van der Waals surface area contributed by atoms with Crippen molar-refractivity contribution in [1.82, 2.24) is 9.78 Å². The van der Waals surface area contributed by atoms with Crippen LogP contribution in [-0.4, -0.2) is 29.9 Å². The van der Waals surface area contributed by atoms with Crippen molar-refractivity contribution in [3.8, 4) is 23.1 Å². The number of rotatable bonds is 6. The van der Waals surface area contributed by atoms with Crippen molar-refractivity contribution in [2.45, 2.75) is 6.54 Å². The van der Waals surface area contributed by atoms with Gasteiger partial charge in [0, 0.05) is 23.9 Å². The van der Waals surface area contributed by atoms with Crippen LogP contribution in [0.5, 0.6) is 11.5 Å². The third-order valence-electron chi connectivity index (χ3n) is 3.27. The van der Waals surface area contributed by atoms with Gasteiger partial charge < -0.3 is 23.6 Å². The van der Waals surface area contributed by atoms with E-state index in [4.69, 9.17) is 18.3 Å². The number of amides is 1. The largest absolute Gasteiger partial charge is 0.497 e. The first-order valence-corrected chi connectivity index (χ1v) is 7.24. The number of methoxy groups -OCH3 is 2. The Bertz CT molecular complexity index is 904. The SMILES string of the molecule is COc1cc(NC(=O)Cn2nc(-c3ccco3)oc2=O)cc(OC)c1. The summed E-state index contributed by atoms with van der Waals surface area (Å²) >= 11 is 0. The normalized spacial score (nSPS) is 10.5. The van der Waals surface area contributed by atoms with E-state index in [9.17, 15) is 9.59 Å². The Morgan fingerprint density at radius 1 is 1.24 bits per heavy atom. The van der Waals surface area contributed by atoms with E-state index in [2.05, 4.69) is 10.4 Å². The molecule has 0 aliphatic rings. The van der Waals surface area contributed by atoms with Gasteiger partial charge in [0.05, 0.1) is 20.5 Å². The van der Waals surface area contributed by atoms with Gasteiger partial charge in [0.2, 0.25) is 5.91 Å². The summed E-state index contributed by atoms with van der Waals surface area (Å²) in [5.41, 5.74) is 0.462. The van der Waals surface area contributed by atoms with Crippen LogP contribution in [0.15, 0.2) is 50.2 Å². The van der Waals surface area contributed by atoms with E-state index in [1.807, 2.05) is 0 Å². The molecule has 0 saturated carbocycles. The summed E-state index contributed by atoms with van der Waals surface area (Å²) in [4.78, 5) is 24.0. The number of benzene rings is 1. The van der Waals surface area contributed by atoms with E-state index in [1.165, 1.54) is 20.5 Å².